The average molecular weight is 245 g/mol. The van der Waals surface area contributed by atoms with Crippen LogP contribution in [0, 0.1) is 0 Å². The number of ketones is 1. The Bertz CT molecular complexity index is 373. The van der Waals surface area contributed by atoms with Crippen molar-refractivity contribution in [1.29, 1.82) is 0 Å². The summed E-state index contributed by atoms with van der Waals surface area (Å²) in [6, 6.07) is -0.371. The summed E-state index contributed by atoms with van der Waals surface area (Å²) in [6.45, 7) is 2.34. The van der Waals surface area contributed by atoms with E-state index in [4.69, 9.17) is 0 Å². The molecule has 2 fully saturated rings. The molecule has 5 heteroatoms. The molecule has 16 heavy (non-hydrogen) atoms. The van der Waals surface area contributed by atoms with E-state index in [1.165, 1.54) is 4.31 Å². The van der Waals surface area contributed by atoms with E-state index in [2.05, 4.69) is 0 Å². The molecule has 0 radical (unpaired) electrons. The van der Waals surface area contributed by atoms with Crippen LogP contribution in [0.5, 0.6) is 0 Å². The fourth-order valence-corrected chi connectivity index (χ4v) is 4.40. The Balaban J connectivity index is 2.19. The summed E-state index contributed by atoms with van der Waals surface area (Å²) in [5.41, 5.74) is 0. The van der Waals surface area contributed by atoms with Crippen LogP contribution < -0.4 is 0 Å². The van der Waals surface area contributed by atoms with E-state index < -0.39 is 10.0 Å². The average Bonchev–Trinajstić information content (AvgIpc) is 3.12. The van der Waals surface area contributed by atoms with Gasteiger partial charge in [0.1, 0.15) is 0 Å². The molecule has 0 aromatic rings. The topological polar surface area (TPSA) is 54.5 Å². The minimum Gasteiger partial charge on any atom is -0.298 e. The van der Waals surface area contributed by atoms with Crippen molar-refractivity contribution >= 4 is 15.8 Å². The molecule has 1 aliphatic heterocycles. The van der Waals surface area contributed by atoms with Crippen LogP contribution in [0.15, 0.2) is 0 Å². The van der Waals surface area contributed by atoms with Gasteiger partial charge in [-0.1, -0.05) is 13.3 Å². The van der Waals surface area contributed by atoms with Crippen molar-refractivity contribution in [3.05, 3.63) is 0 Å². The fraction of sp³-hybridized carbons (Fsp3) is 0.909. The smallest absolute Gasteiger partial charge is 0.217 e. The Labute approximate surface area is 97.1 Å². The summed E-state index contributed by atoms with van der Waals surface area (Å²) >= 11 is 0. The van der Waals surface area contributed by atoms with Crippen LogP contribution in [-0.4, -0.2) is 36.3 Å². The maximum absolute atomic E-state index is 12.2. The monoisotopic (exact) mass is 245 g/mol. The largest absolute Gasteiger partial charge is 0.298 e. The van der Waals surface area contributed by atoms with Crippen LogP contribution in [0.25, 0.3) is 0 Å². The van der Waals surface area contributed by atoms with Gasteiger partial charge in [0.15, 0.2) is 5.78 Å². The molecule has 2 aliphatic rings. The van der Waals surface area contributed by atoms with Crippen LogP contribution in [-0.2, 0) is 14.8 Å². The maximum Gasteiger partial charge on any atom is 0.217 e. The summed E-state index contributed by atoms with van der Waals surface area (Å²) in [7, 11) is -3.18. The second kappa shape index (κ2) is 4.45. The fourth-order valence-electron chi connectivity index (χ4n) is 2.32. The molecule has 1 aliphatic carbocycles. The first-order valence-electron chi connectivity index (χ1n) is 6.10. The Morgan fingerprint density at radius 3 is 2.50 bits per heavy atom. The van der Waals surface area contributed by atoms with Gasteiger partial charge in [-0.2, -0.15) is 4.31 Å². The lowest BCUT2D eigenvalue weighted by molar-refractivity contribution is -0.123. The van der Waals surface area contributed by atoms with Gasteiger partial charge in [-0.3, -0.25) is 4.79 Å². The number of nitrogens with zero attached hydrogens (tertiary/aromatic N) is 1. The number of carbonyl (C=O) groups is 1. The van der Waals surface area contributed by atoms with E-state index in [0.717, 1.165) is 25.7 Å². The van der Waals surface area contributed by atoms with Gasteiger partial charge in [0, 0.05) is 13.0 Å². The lowest BCUT2D eigenvalue weighted by atomic mass is 10.00. The second-order valence-corrected chi connectivity index (χ2v) is 6.85. The van der Waals surface area contributed by atoms with Crippen LogP contribution in [0.2, 0.25) is 0 Å². The van der Waals surface area contributed by atoms with Crippen molar-refractivity contribution in [2.24, 2.45) is 0 Å². The van der Waals surface area contributed by atoms with Crippen LogP contribution >= 0.6 is 0 Å². The third kappa shape index (κ3) is 2.15. The molecule has 0 amide bonds. The number of carbonyl (C=O) groups excluding carboxylic acids is 1. The zero-order chi connectivity index (χ0) is 11.8. The van der Waals surface area contributed by atoms with Crippen molar-refractivity contribution < 1.29 is 13.2 Å². The van der Waals surface area contributed by atoms with E-state index >= 15 is 0 Å². The molecule has 0 aromatic carbocycles. The normalized spacial score (nSPS) is 27.9. The van der Waals surface area contributed by atoms with E-state index in [-0.39, 0.29) is 17.1 Å². The Morgan fingerprint density at radius 1 is 1.25 bits per heavy atom. The van der Waals surface area contributed by atoms with Crippen molar-refractivity contribution in [1.82, 2.24) is 4.31 Å². The van der Waals surface area contributed by atoms with Gasteiger partial charge in [-0.05, 0) is 25.7 Å². The molecule has 1 saturated heterocycles. The van der Waals surface area contributed by atoms with Crippen molar-refractivity contribution in [2.75, 3.05) is 6.54 Å². The second-order valence-electron chi connectivity index (χ2n) is 4.69. The predicted octanol–water partition coefficient (Wildman–Crippen LogP) is 1.31. The molecule has 0 N–H and O–H groups in total. The minimum absolute atomic E-state index is 0.0731. The van der Waals surface area contributed by atoms with Gasteiger partial charge in [-0.25, -0.2) is 8.42 Å². The minimum atomic E-state index is -3.18. The van der Waals surface area contributed by atoms with Gasteiger partial charge < -0.3 is 0 Å². The van der Waals surface area contributed by atoms with Crippen LogP contribution in [0.1, 0.15) is 45.4 Å². The number of sulfonamides is 1. The summed E-state index contributed by atoms with van der Waals surface area (Å²) in [5.74, 6) is 0.0731. The van der Waals surface area contributed by atoms with Gasteiger partial charge in [0.2, 0.25) is 10.0 Å². The summed E-state index contributed by atoms with van der Waals surface area (Å²) in [5, 5.41) is -0.197. The van der Waals surface area contributed by atoms with Gasteiger partial charge in [0.05, 0.1) is 11.3 Å². The van der Waals surface area contributed by atoms with Crippen LogP contribution in [0.4, 0.5) is 0 Å². The molecule has 0 bridgehead atoms. The Kier molecular flexibility index (Phi) is 3.35. The van der Waals surface area contributed by atoms with Crippen LogP contribution in [0.3, 0.4) is 0 Å². The zero-order valence-corrected chi connectivity index (χ0v) is 10.5. The first-order valence-corrected chi connectivity index (χ1v) is 7.61. The van der Waals surface area contributed by atoms with Crippen molar-refractivity contribution in [2.45, 2.75) is 56.7 Å². The molecule has 92 valence electrons. The third-order valence-corrected chi connectivity index (χ3v) is 5.85. The Morgan fingerprint density at radius 2 is 1.94 bits per heavy atom. The molecule has 0 aromatic heterocycles. The third-order valence-electron chi connectivity index (χ3n) is 3.45. The number of hydrogen-bond donors (Lipinski definition) is 0. The highest BCUT2D eigenvalue weighted by Crippen LogP contribution is 2.34. The maximum atomic E-state index is 12.2. The highest BCUT2D eigenvalue weighted by Gasteiger charge is 2.44. The first-order chi connectivity index (χ1) is 7.57. The molecular weight excluding hydrogens is 226 g/mol. The van der Waals surface area contributed by atoms with Crippen molar-refractivity contribution in [3.63, 3.8) is 0 Å². The summed E-state index contributed by atoms with van der Waals surface area (Å²) < 4.78 is 25.8. The molecule has 1 unspecified atom stereocenters. The number of piperidine rings is 1. The van der Waals surface area contributed by atoms with Gasteiger partial charge in [-0.15, -0.1) is 0 Å². The standard InChI is InChI=1S/C11H19NO3S/c1-2-11(13)10-5-3-4-8-12(10)16(14,15)9-6-7-9/h9-10H,2-8H2,1H3. The molecule has 4 nitrogen and oxygen atoms in total. The summed E-state index contributed by atoms with van der Waals surface area (Å²) in [6.07, 6.45) is 4.53. The van der Waals surface area contributed by atoms with E-state index in [9.17, 15) is 13.2 Å². The highest BCUT2D eigenvalue weighted by atomic mass is 32.2. The lowest BCUT2D eigenvalue weighted by Gasteiger charge is -2.33. The number of Topliss-reactive ketones (excluding diaryl/α,β-unsaturated/α-hetero) is 1. The van der Waals surface area contributed by atoms with E-state index in [1.807, 2.05) is 0 Å². The van der Waals surface area contributed by atoms with E-state index in [0.29, 0.717) is 19.4 Å². The summed E-state index contributed by atoms with van der Waals surface area (Å²) in [4.78, 5) is 11.8. The lowest BCUT2D eigenvalue weighted by Crippen LogP contribution is -2.48. The number of hydrogen-bond acceptors (Lipinski definition) is 3. The molecule has 2 rings (SSSR count). The molecular formula is C11H19NO3S. The number of rotatable bonds is 4. The molecule has 1 heterocycles. The first kappa shape index (κ1) is 12.0. The molecule has 1 atom stereocenters. The van der Waals surface area contributed by atoms with E-state index in [1.54, 1.807) is 6.92 Å². The van der Waals surface area contributed by atoms with Crippen molar-refractivity contribution in [3.8, 4) is 0 Å². The SMILES string of the molecule is CCC(=O)C1CCCCN1S(=O)(=O)C1CC1. The Hall–Kier alpha value is -0.420. The molecule has 1 saturated carbocycles. The quantitative estimate of drug-likeness (QED) is 0.750. The molecule has 0 spiro atoms. The van der Waals surface area contributed by atoms with Gasteiger partial charge >= 0.3 is 0 Å². The van der Waals surface area contributed by atoms with Gasteiger partial charge in [0.25, 0.3) is 0 Å². The predicted molar refractivity (Wildman–Crippen MR) is 61.6 cm³/mol. The highest BCUT2D eigenvalue weighted by molar-refractivity contribution is 7.90. The zero-order valence-electron chi connectivity index (χ0n) is 9.68.